The van der Waals surface area contributed by atoms with Crippen molar-refractivity contribution in [2.75, 3.05) is 20.7 Å². The minimum atomic E-state index is -3.61. The first-order valence-corrected chi connectivity index (χ1v) is 7.98. The number of nitrogens with one attached hydrogen (secondary N) is 1. The molecule has 0 aliphatic heterocycles. The van der Waals surface area contributed by atoms with Crippen LogP contribution in [0.2, 0.25) is 0 Å². The average Bonchev–Trinajstić information content (AvgIpc) is 2.45. The minimum absolute atomic E-state index is 0.165. The van der Waals surface area contributed by atoms with Crippen LogP contribution in [0, 0.1) is 0 Å². The van der Waals surface area contributed by atoms with Crippen molar-refractivity contribution >= 4 is 10.0 Å². The molecule has 1 rings (SSSR count). The van der Waals surface area contributed by atoms with Crippen molar-refractivity contribution in [3.63, 3.8) is 0 Å². The van der Waals surface area contributed by atoms with Gasteiger partial charge in [-0.1, -0.05) is 12.1 Å². The average molecular weight is 300 g/mol. The van der Waals surface area contributed by atoms with Crippen LogP contribution in [-0.4, -0.2) is 44.1 Å². The first-order chi connectivity index (χ1) is 9.16. The zero-order valence-corrected chi connectivity index (χ0v) is 13.5. The third kappa shape index (κ3) is 3.38. The van der Waals surface area contributed by atoms with E-state index in [1.54, 1.807) is 38.1 Å². The monoisotopic (exact) mass is 300 g/mol. The van der Waals surface area contributed by atoms with Gasteiger partial charge < -0.3 is 10.4 Å². The summed E-state index contributed by atoms with van der Waals surface area (Å²) in [6, 6.07) is 6.96. The Morgan fingerprint density at radius 3 is 2.20 bits per heavy atom. The Balaban J connectivity index is 3.11. The van der Waals surface area contributed by atoms with Gasteiger partial charge in [-0.3, -0.25) is 0 Å². The first-order valence-electron chi connectivity index (χ1n) is 6.54. The highest BCUT2D eigenvalue weighted by atomic mass is 32.2. The van der Waals surface area contributed by atoms with Crippen molar-refractivity contribution in [2.45, 2.75) is 37.2 Å². The molecular formula is C14H24N2O3S. The molecule has 2 N–H and O–H groups in total. The summed E-state index contributed by atoms with van der Waals surface area (Å²) in [6.07, 6.45) is 0. The zero-order chi connectivity index (χ0) is 15.6. The normalized spacial score (nSPS) is 14.6. The Hall–Kier alpha value is -0.950. The van der Waals surface area contributed by atoms with E-state index in [0.717, 1.165) is 5.56 Å². The van der Waals surface area contributed by atoms with E-state index >= 15 is 0 Å². The molecule has 0 bridgehead atoms. The fraction of sp³-hybridized carbons (Fsp3) is 0.571. The number of aliphatic hydroxyl groups excluding tert-OH is 1. The summed E-state index contributed by atoms with van der Waals surface area (Å²) < 4.78 is 26.2. The lowest BCUT2D eigenvalue weighted by Gasteiger charge is -2.32. The molecule has 0 radical (unpaired) electrons. The summed E-state index contributed by atoms with van der Waals surface area (Å²) >= 11 is 0. The third-order valence-electron chi connectivity index (χ3n) is 3.71. The second-order valence-electron chi connectivity index (χ2n) is 5.52. The van der Waals surface area contributed by atoms with E-state index in [4.69, 9.17) is 0 Å². The minimum Gasteiger partial charge on any atom is -0.394 e. The number of rotatable bonds is 6. The maximum Gasteiger partial charge on any atom is 0.243 e. The van der Waals surface area contributed by atoms with Crippen LogP contribution in [0.1, 0.15) is 32.4 Å². The highest BCUT2D eigenvalue weighted by Crippen LogP contribution is 2.23. The summed E-state index contributed by atoms with van der Waals surface area (Å²) in [5.74, 6) is 0. The second-order valence-corrected chi connectivity index (χ2v) is 7.49. The number of likely N-dealkylation sites (N-methyl/N-ethyl adjacent to an activating group) is 1. The zero-order valence-electron chi connectivity index (χ0n) is 12.7. The predicted octanol–water partition coefficient (Wildman–Crippen LogP) is 1.36. The molecule has 0 fully saturated rings. The molecule has 1 unspecified atom stereocenters. The van der Waals surface area contributed by atoms with Crippen molar-refractivity contribution in [2.24, 2.45) is 0 Å². The van der Waals surface area contributed by atoms with E-state index in [0.29, 0.717) is 0 Å². The van der Waals surface area contributed by atoms with E-state index < -0.39 is 15.6 Å². The van der Waals surface area contributed by atoms with Crippen LogP contribution in [0.15, 0.2) is 29.2 Å². The molecular weight excluding hydrogens is 276 g/mol. The van der Waals surface area contributed by atoms with E-state index in [1.807, 2.05) is 14.0 Å². The van der Waals surface area contributed by atoms with Gasteiger partial charge in [0.25, 0.3) is 0 Å². The van der Waals surface area contributed by atoms with E-state index in [1.165, 1.54) is 11.4 Å². The molecule has 6 heteroatoms. The van der Waals surface area contributed by atoms with Gasteiger partial charge in [-0.25, -0.2) is 8.42 Å². The fourth-order valence-electron chi connectivity index (χ4n) is 1.68. The number of hydrogen-bond acceptors (Lipinski definition) is 4. The topological polar surface area (TPSA) is 69.6 Å². The van der Waals surface area contributed by atoms with Crippen LogP contribution in [0.3, 0.4) is 0 Å². The van der Waals surface area contributed by atoms with Gasteiger partial charge in [0.15, 0.2) is 0 Å². The molecule has 0 spiro atoms. The van der Waals surface area contributed by atoms with Crippen LogP contribution in [-0.2, 0) is 10.0 Å². The Bertz CT molecular complexity index is 538. The maximum atomic E-state index is 12.5. The molecule has 0 aromatic heterocycles. The van der Waals surface area contributed by atoms with Gasteiger partial charge in [0.1, 0.15) is 0 Å². The molecule has 5 nitrogen and oxygen atoms in total. The number of hydrogen-bond donors (Lipinski definition) is 2. The lowest BCUT2D eigenvalue weighted by molar-refractivity contribution is 0.138. The van der Waals surface area contributed by atoms with Gasteiger partial charge in [-0.15, -0.1) is 0 Å². The largest absolute Gasteiger partial charge is 0.394 e. The summed E-state index contributed by atoms with van der Waals surface area (Å²) in [6.45, 7) is 5.13. The molecule has 0 saturated heterocycles. The van der Waals surface area contributed by atoms with Gasteiger partial charge in [0.05, 0.1) is 17.0 Å². The van der Waals surface area contributed by atoms with Gasteiger partial charge in [-0.05, 0) is 45.5 Å². The molecule has 1 aromatic rings. The van der Waals surface area contributed by atoms with Crippen molar-refractivity contribution < 1.29 is 13.5 Å². The quantitative estimate of drug-likeness (QED) is 0.832. The summed E-state index contributed by atoms with van der Waals surface area (Å²) in [5.41, 5.74) is 0.186. The smallest absolute Gasteiger partial charge is 0.243 e. The van der Waals surface area contributed by atoms with Crippen molar-refractivity contribution in [1.82, 2.24) is 9.62 Å². The summed E-state index contributed by atoms with van der Waals surface area (Å²) in [5, 5.41) is 12.4. The van der Waals surface area contributed by atoms with Crippen molar-refractivity contribution in [1.29, 1.82) is 0 Å². The highest BCUT2D eigenvalue weighted by molar-refractivity contribution is 7.89. The number of nitrogens with zero attached hydrogens (tertiary/aromatic N) is 1. The van der Waals surface area contributed by atoms with Crippen LogP contribution in [0.25, 0.3) is 0 Å². The SMILES string of the molecule is CNC(C)c1ccc(S(=O)(=O)N(C)C(C)(C)CO)cc1. The van der Waals surface area contributed by atoms with Gasteiger partial charge in [0, 0.05) is 13.1 Å². The van der Waals surface area contributed by atoms with Gasteiger partial charge >= 0.3 is 0 Å². The van der Waals surface area contributed by atoms with E-state index in [2.05, 4.69) is 5.32 Å². The number of aliphatic hydroxyl groups is 1. The summed E-state index contributed by atoms with van der Waals surface area (Å²) in [4.78, 5) is 0.230. The van der Waals surface area contributed by atoms with Crippen molar-refractivity contribution in [3.8, 4) is 0 Å². The Morgan fingerprint density at radius 2 is 1.80 bits per heavy atom. The highest BCUT2D eigenvalue weighted by Gasteiger charge is 2.33. The molecule has 0 saturated carbocycles. The summed E-state index contributed by atoms with van der Waals surface area (Å²) in [7, 11) is -0.269. The number of sulfonamides is 1. The lowest BCUT2D eigenvalue weighted by atomic mass is 10.1. The lowest BCUT2D eigenvalue weighted by Crippen LogP contribution is -2.47. The van der Waals surface area contributed by atoms with Crippen molar-refractivity contribution in [3.05, 3.63) is 29.8 Å². The molecule has 0 aliphatic carbocycles. The fourth-order valence-corrected chi connectivity index (χ4v) is 3.18. The molecule has 0 heterocycles. The third-order valence-corrected chi connectivity index (χ3v) is 5.79. The van der Waals surface area contributed by atoms with Crippen LogP contribution in [0.5, 0.6) is 0 Å². The van der Waals surface area contributed by atoms with Crippen LogP contribution >= 0.6 is 0 Å². The molecule has 114 valence electrons. The second kappa shape index (κ2) is 6.22. The van der Waals surface area contributed by atoms with Crippen LogP contribution in [0.4, 0.5) is 0 Å². The van der Waals surface area contributed by atoms with E-state index in [9.17, 15) is 13.5 Å². The standard InChI is InChI=1S/C14H24N2O3S/c1-11(15-4)12-6-8-13(9-7-12)20(18,19)16(5)14(2,3)10-17/h6-9,11,15,17H,10H2,1-5H3. The number of benzene rings is 1. The Kier molecular flexibility index (Phi) is 5.32. The maximum absolute atomic E-state index is 12.5. The molecule has 0 aliphatic rings. The molecule has 1 aromatic carbocycles. The molecule has 20 heavy (non-hydrogen) atoms. The van der Waals surface area contributed by atoms with Crippen LogP contribution < -0.4 is 5.32 Å². The predicted molar refractivity (Wildman–Crippen MR) is 80.0 cm³/mol. The molecule has 1 atom stereocenters. The first kappa shape index (κ1) is 17.1. The van der Waals surface area contributed by atoms with E-state index in [-0.39, 0.29) is 17.5 Å². The Morgan fingerprint density at radius 1 is 1.30 bits per heavy atom. The van der Waals surface area contributed by atoms with Gasteiger partial charge in [-0.2, -0.15) is 4.31 Å². The van der Waals surface area contributed by atoms with Gasteiger partial charge in [0.2, 0.25) is 10.0 Å². The molecule has 0 amide bonds. The Labute approximate surface area is 121 Å².